The summed E-state index contributed by atoms with van der Waals surface area (Å²) in [6, 6.07) is 13.7. The summed E-state index contributed by atoms with van der Waals surface area (Å²) in [5.41, 5.74) is 0.397. The smallest absolute Gasteiger partial charge is 0.410 e. The molecule has 0 radical (unpaired) electrons. The van der Waals surface area contributed by atoms with Crippen molar-refractivity contribution in [2.45, 2.75) is 18.9 Å². The lowest BCUT2D eigenvalue weighted by Gasteiger charge is -2.32. The summed E-state index contributed by atoms with van der Waals surface area (Å²) < 4.78 is 5.23. The fourth-order valence-corrected chi connectivity index (χ4v) is 3.22. The lowest BCUT2D eigenvalue weighted by atomic mass is 10.0. The number of carbonyl (C=O) groups is 2. The van der Waals surface area contributed by atoms with Gasteiger partial charge in [-0.25, -0.2) is 4.79 Å². The fourth-order valence-electron chi connectivity index (χ4n) is 2.85. The van der Waals surface area contributed by atoms with Crippen molar-refractivity contribution in [3.05, 3.63) is 64.1 Å². The number of rotatable bonds is 3. The molecule has 5 nitrogen and oxygen atoms in total. The first kappa shape index (κ1) is 18.5. The van der Waals surface area contributed by atoms with Crippen LogP contribution < -0.4 is 10.1 Å². The number of ether oxygens (including phenoxy) is 1. The van der Waals surface area contributed by atoms with Crippen LogP contribution in [0.2, 0.25) is 10.0 Å². The number of carbonyl (C=O) groups excluding carboxylic acids is 2. The number of piperidine rings is 1. The minimum absolute atomic E-state index is 0.0369. The van der Waals surface area contributed by atoms with Gasteiger partial charge in [0.1, 0.15) is 5.75 Å². The van der Waals surface area contributed by atoms with Gasteiger partial charge < -0.3 is 15.0 Å². The number of nitrogens with one attached hydrogen (secondary N) is 1. The number of likely N-dealkylation sites (tertiary alicyclic amines) is 1. The molecular weight excluding hydrogens is 375 g/mol. The van der Waals surface area contributed by atoms with Crippen LogP contribution in [0.1, 0.15) is 23.2 Å². The van der Waals surface area contributed by atoms with Gasteiger partial charge in [-0.2, -0.15) is 0 Å². The summed E-state index contributed by atoms with van der Waals surface area (Å²) in [6.07, 6.45) is 0.806. The molecule has 2 aromatic rings. The Morgan fingerprint density at radius 2 is 1.73 bits per heavy atom. The van der Waals surface area contributed by atoms with E-state index in [-0.39, 0.29) is 11.9 Å². The number of para-hydroxylation sites is 1. The van der Waals surface area contributed by atoms with Crippen LogP contribution in [0, 0.1) is 0 Å². The maximum atomic E-state index is 12.6. The Labute approximate surface area is 161 Å². The van der Waals surface area contributed by atoms with Crippen molar-refractivity contribution in [1.82, 2.24) is 10.2 Å². The number of amides is 2. The molecule has 0 bridgehead atoms. The van der Waals surface area contributed by atoms with Crippen LogP contribution in [0.15, 0.2) is 48.5 Å². The molecular formula is C19H18Cl2N2O3. The Kier molecular flexibility index (Phi) is 6.01. The highest BCUT2D eigenvalue weighted by atomic mass is 35.5. The first-order valence-electron chi connectivity index (χ1n) is 8.30. The predicted molar refractivity (Wildman–Crippen MR) is 101 cm³/mol. The van der Waals surface area contributed by atoms with Crippen LogP contribution in [0.5, 0.6) is 5.75 Å². The standard InChI is InChI=1S/C19H18Cl2N2O3/c20-13-6-7-17(21)16(12-13)18(24)23-10-8-14(9-11-23)22-19(25)26-15-4-2-1-3-5-15/h1-7,12,14H,8-11H2,(H,22,25). The van der Waals surface area contributed by atoms with Crippen molar-refractivity contribution in [3.63, 3.8) is 0 Å². The van der Waals surface area contributed by atoms with Crippen molar-refractivity contribution in [2.24, 2.45) is 0 Å². The van der Waals surface area contributed by atoms with Gasteiger partial charge in [0.25, 0.3) is 5.91 Å². The molecule has 1 fully saturated rings. The molecule has 2 aromatic carbocycles. The molecule has 1 heterocycles. The molecule has 136 valence electrons. The Bertz CT molecular complexity index is 791. The van der Waals surface area contributed by atoms with E-state index in [9.17, 15) is 9.59 Å². The zero-order valence-corrected chi connectivity index (χ0v) is 15.5. The van der Waals surface area contributed by atoms with Crippen molar-refractivity contribution >= 4 is 35.2 Å². The van der Waals surface area contributed by atoms with E-state index in [0.29, 0.717) is 47.3 Å². The van der Waals surface area contributed by atoms with Crippen LogP contribution in [-0.4, -0.2) is 36.0 Å². The zero-order valence-electron chi connectivity index (χ0n) is 14.0. The van der Waals surface area contributed by atoms with Gasteiger partial charge in [0.15, 0.2) is 0 Å². The summed E-state index contributed by atoms with van der Waals surface area (Å²) in [5.74, 6) is 0.344. The van der Waals surface area contributed by atoms with Crippen molar-refractivity contribution in [1.29, 1.82) is 0 Å². The van der Waals surface area contributed by atoms with E-state index >= 15 is 0 Å². The third-order valence-corrected chi connectivity index (χ3v) is 4.78. The molecule has 1 aliphatic heterocycles. The SMILES string of the molecule is O=C(NC1CCN(C(=O)c2cc(Cl)ccc2Cl)CC1)Oc1ccccc1. The Balaban J connectivity index is 1.51. The zero-order chi connectivity index (χ0) is 18.5. The third kappa shape index (κ3) is 4.68. The Morgan fingerprint density at radius 1 is 1.04 bits per heavy atom. The van der Waals surface area contributed by atoms with Crippen LogP contribution >= 0.6 is 23.2 Å². The van der Waals surface area contributed by atoms with E-state index in [0.717, 1.165) is 0 Å². The quantitative estimate of drug-likeness (QED) is 0.842. The second kappa shape index (κ2) is 8.43. The lowest BCUT2D eigenvalue weighted by molar-refractivity contribution is 0.0706. The highest BCUT2D eigenvalue weighted by Crippen LogP contribution is 2.23. The maximum absolute atomic E-state index is 12.6. The number of halogens is 2. The van der Waals surface area contributed by atoms with E-state index in [2.05, 4.69) is 5.32 Å². The molecule has 26 heavy (non-hydrogen) atoms. The van der Waals surface area contributed by atoms with Gasteiger partial charge in [-0.3, -0.25) is 4.79 Å². The highest BCUT2D eigenvalue weighted by Gasteiger charge is 2.26. The molecule has 1 N–H and O–H groups in total. The van der Waals surface area contributed by atoms with E-state index in [1.165, 1.54) is 0 Å². The molecule has 7 heteroatoms. The Morgan fingerprint density at radius 3 is 2.42 bits per heavy atom. The molecule has 1 saturated heterocycles. The summed E-state index contributed by atoms with van der Waals surface area (Å²) in [6.45, 7) is 1.05. The van der Waals surface area contributed by atoms with E-state index in [1.54, 1.807) is 47.4 Å². The number of hydrogen-bond acceptors (Lipinski definition) is 3. The van der Waals surface area contributed by atoms with Crippen LogP contribution in [0.25, 0.3) is 0 Å². The topological polar surface area (TPSA) is 58.6 Å². The van der Waals surface area contributed by atoms with Gasteiger partial charge in [0.05, 0.1) is 10.6 Å². The summed E-state index contributed by atoms with van der Waals surface area (Å²) >= 11 is 12.1. The molecule has 0 spiro atoms. The molecule has 0 aromatic heterocycles. The average Bonchev–Trinajstić information content (AvgIpc) is 2.64. The predicted octanol–water partition coefficient (Wildman–Crippen LogP) is 4.39. The van der Waals surface area contributed by atoms with Gasteiger partial charge >= 0.3 is 6.09 Å². The normalized spacial score (nSPS) is 14.8. The lowest BCUT2D eigenvalue weighted by Crippen LogP contribution is -2.47. The van der Waals surface area contributed by atoms with Crippen LogP contribution in [0.4, 0.5) is 4.79 Å². The molecule has 3 rings (SSSR count). The third-order valence-electron chi connectivity index (χ3n) is 4.22. The minimum Gasteiger partial charge on any atom is -0.410 e. The molecule has 0 saturated carbocycles. The number of hydrogen-bond donors (Lipinski definition) is 1. The molecule has 0 atom stereocenters. The van der Waals surface area contributed by atoms with Crippen LogP contribution in [-0.2, 0) is 0 Å². The van der Waals surface area contributed by atoms with Gasteiger partial charge in [0.2, 0.25) is 0 Å². The van der Waals surface area contributed by atoms with Crippen molar-refractivity contribution < 1.29 is 14.3 Å². The van der Waals surface area contributed by atoms with Gasteiger partial charge in [-0.1, -0.05) is 41.4 Å². The highest BCUT2D eigenvalue weighted by molar-refractivity contribution is 6.35. The second-order valence-corrected chi connectivity index (χ2v) is 6.88. The summed E-state index contributed by atoms with van der Waals surface area (Å²) in [5, 5.41) is 3.69. The van der Waals surface area contributed by atoms with Crippen molar-refractivity contribution in [3.8, 4) is 5.75 Å². The Hall–Kier alpha value is -2.24. The first-order chi connectivity index (χ1) is 12.5. The first-order valence-corrected chi connectivity index (χ1v) is 9.06. The van der Waals surface area contributed by atoms with E-state index in [4.69, 9.17) is 27.9 Å². The summed E-state index contributed by atoms with van der Waals surface area (Å²) in [7, 11) is 0. The monoisotopic (exact) mass is 392 g/mol. The number of benzene rings is 2. The summed E-state index contributed by atoms with van der Waals surface area (Å²) in [4.78, 5) is 26.3. The van der Waals surface area contributed by atoms with Crippen LogP contribution in [0.3, 0.4) is 0 Å². The van der Waals surface area contributed by atoms with E-state index < -0.39 is 6.09 Å². The van der Waals surface area contributed by atoms with E-state index in [1.807, 2.05) is 6.07 Å². The molecule has 0 unspecified atom stereocenters. The molecule has 2 amide bonds. The maximum Gasteiger partial charge on any atom is 0.412 e. The largest absolute Gasteiger partial charge is 0.412 e. The van der Waals surface area contributed by atoms with Crippen molar-refractivity contribution in [2.75, 3.05) is 13.1 Å². The average molecular weight is 393 g/mol. The van der Waals surface area contributed by atoms with Gasteiger partial charge in [0, 0.05) is 24.2 Å². The molecule has 1 aliphatic rings. The fraction of sp³-hybridized carbons (Fsp3) is 0.263. The van der Waals surface area contributed by atoms with Gasteiger partial charge in [-0.15, -0.1) is 0 Å². The number of nitrogens with zero attached hydrogens (tertiary/aromatic N) is 1. The van der Waals surface area contributed by atoms with Gasteiger partial charge in [-0.05, 0) is 43.2 Å². The minimum atomic E-state index is -0.487. The second-order valence-electron chi connectivity index (χ2n) is 6.04. The molecule has 0 aliphatic carbocycles.